The summed E-state index contributed by atoms with van der Waals surface area (Å²) >= 11 is 2.49. The van der Waals surface area contributed by atoms with E-state index in [0.29, 0.717) is 0 Å². The van der Waals surface area contributed by atoms with E-state index in [1.54, 1.807) is 0 Å². The minimum absolute atomic E-state index is 0.139. The molecule has 2 nitrogen and oxygen atoms in total. The van der Waals surface area contributed by atoms with Gasteiger partial charge in [0.25, 0.3) is 0 Å². The largest absolute Gasteiger partial charge is 0.379 e. The lowest BCUT2D eigenvalue weighted by Gasteiger charge is -2.40. The fourth-order valence-electron chi connectivity index (χ4n) is 2.81. The normalized spacial score (nSPS) is 27.9. The summed E-state index contributed by atoms with van der Waals surface area (Å²) in [4.78, 5) is 0. The Labute approximate surface area is 133 Å². The molecule has 0 amide bonds. The first kappa shape index (κ1) is 17.7. The highest BCUT2D eigenvalue weighted by Gasteiger charge is 2.35. The van der Waals surface area contributed by atoms with Crippen molar-refractivity contribution >= 4 is 22.6 Å². The second-order valence-corrected chi connectivity index (χ2v) is 6.98. The number of ether oxygens (including phenoxy) is 2. The van der Waals surface area contributed by atoms with E-state index in [1.807, 2.05) is 0 Å². The highest BCUT2D eigenvalue weighted by atomic mass is 127. The number of hydrogen-bond donors (Lipinski definition) is 0. The van der Waals surface area contributed by atoms with Crippen LogP contribution >= 0.6 is 22.6 Å². The Balaban J connectivity index is 2.22. The molecule has 1 aliphatic rings. The van der Waals surface area contributed by atoms with Crippen molar-refractivity contribution in [1.29, 1.82) is 0 Å². The predicted octanol–water partition coefficient (Wildman–Crippen LogP) is 4.84. The Kier molecular flexibility index (Phi) is 8.91. The van der Waals surface area contributed by atoms with Gasteiger partial charge in [-0.25, -0.2) is 0 Å². The van der Waals surface area contributed by atoms with Gasteiger partial charge in [-0.05, 0) is 43.9 Å². The zero-order valence-electron chi connectivity index (χ0n) is 12.9. The van der Waals surface area contributed by atoms with Crippen LogP contribution in [0.15, 0.2) is 0 Å². The topological polar surface area (TPSA) is 18.5 Å². The molecule has 0 aromatic heterocycles. The van der Waals surface area contributed by atoms with E-state index in [9.17, 15) is 0 Å². The fraction of sp³-hybridized carbons (Fsp3) is 1.00. The van der Waals surface area contributed by atoms with Crippen LogP contribution in [-0.4, -0.2) is 29.8 Å². The summed E-state index contributed by atoms with van der Waals surface area (Å²) in [5, 5.41) is 0. The standard InChI is InChI=1S/C16H31IO2/c1-4-5-10-18-11-12-19-16(13-17)8-6-15(7-9-16)14(2)3/h14-15H,4-13H2,1-3H3. The first-order valence-corrected chi connectivity index (χ1v) is 9.44. The Bertz CT molecular complexity index is 223. The number of alkyl halides is 1. The second kappa shape index (κ2) is 9.56. The van der Waals surface area contributed by atoms with Crippen LogP contribution in [0.2, 0.25) is 0 Å². The van der Waals surface area contributed by atoms with Crippen molar-refractivity contribution in [2.24, 2.45) is 11.8 Å². The van der Waals surface area contributed by atoms with E-state index in [-0.39, 0.29) is 5.60 Å². The molecule has 0 atom stereocenters. The van der Waals surface area contributed by atoms with Gasteiger partial charge in [0.05, 0.1) is 18.8 Å². The van der Waals surface area contributed by atoms with Crippen LogP contribution in [-0.2, 0) is 9.47 Å². The summed E-state index contributed by atoms with van der Waals surface area (Å²) in [5.41, 5.74) is 0.139. The van der Waals surface area contributed by atoms with Crippen molar-refractivity contribution in [1.82, 2.24) is 0 Å². The zero-order chi connectivity index (χ0) is 14.1. The number of unbranched alkanes of at least 4 members (excludes halogenated alkanes) is 1. The average molecular weight is 382 g/mol. The second-order valence-electron chi connectivity index (χ2n) is 6.21. The third kappa shape index (κ3) is 6.30. The summed E-state index contributed by atoms with van der Waals surface area (Å²) in [6, 6.07) is 0. The molecule has 1 rings (SSSR count). The van der Waals surface area contributed by atoms with Gasteiger partial charge < -0.3 is 9.47 Å². The Morgan fingerprint density at radius 1 is 1.16 bits per heavy atom. The lowest BCUT2D eigenvalue weighted by atomic mass is 9.75. The average Bonchev–Trinajstić information content (AvgIpc) is 2.43. The summed E-state index contributed by atoms with van der Waals surface area (Å²) in [6.45, 7) is 9.30. The van der Waals surface area contributed by atoms with E-state index in [1.165, 1.54) is 32.1 Å². The van der Waals surface area contributed by atoms with Crippen molar-refractivity contribution in [2.75, 3.05) is 24.2 Å². The predicted molar refractivity (Wildman–Crippen MR) is 90.1 cm³/mol. The minimum Gasteiger partial charge on any atom is -0.379 e. The maximum atomic E-state index is 6.20. The fourth-order valence-corrected chi connectivity index (χ4v) is 3.80. The Morgan fingerprint density at radius 3 is 2.37 bits per heavy atom. The molecule has 0 heterocycles. The third-order valence-electron chi connectivity index (χ3n) is 4.41. The lowest BCUT2D eigenvalue weighted by molar-refractivity contribution is -0.0803. The van der Waals surface area contributed by atoms with Crippen LogP contribution in [0.5, 0.6) is 0 Å². The van der Waals surface area contributed by atoms with Gasteiger partial charge in [-0.3, -0.25) is 0 Å². The molecule has 0 unspecified atom stereocenters. The maximum absolute atomic E-state index is 6.20. The van der Waals surface area contributed by atoms with E-state index in [0.717, 1.165) is 42.5 Å². The Hall–Kier alpha value is 0.650. The van der Waals surface area contributed by atoms with Crippen LogP contribution in [0.25, 0.3) is 0 Å². The molecule has 0 aromatic carbocycles. The van der Waals surface area contributed by atoms with Crippen LogP contribution in [0, 0.1) is 11.8 Å². The van der Waals surface area contributed by atoms with Crippen LogP contribution in [0.1, 0.15) is 59.3 Å². The maximum Gasteiger partial charge on any atom is 0.0772 e. The third-order valence-corrected chi connectivity index (χ3v) is 5.80. The van der Waals surface area contributed by atoms with Gasteiger partial charge in [0, 0.05) is 11.0 Å². The number of hydrogen-bond acceptors (Lipinski definition) is 2. The first-order valence-electron chi connectivity index (χ1n) is 7.91. The molecular weight excluding hydrogens is 351 g/mol. The molecule has 0 aliphatic heterocycles. The quantitative estimate of drug-likeness (QED) is 0.323. The van der Waals surface area contributed by atoms with Gasteiger partial charge in [0.2, 0.25) is 0 Å². The highest BCUT2D eigenvalue weighted by molar-refractivity contribution is 14.1. The van der Waals surface area contributed by atoms with Crippen molar-refractivity contribution in [2.45, 2.75) is 64.9 Å². The molecule has 1 aliphatic carbocycles. The van der Waals surface area contributed by atoms with Gasteiger partial charge in [0.15, 0.2) is 0 Å². The van der Waals surface area contributed by atoms with E-state index in [4.69, 9.17) is 9.47 Å². The number of rotatable bonds is 9. The molecule has 0 spiro atoms. The van der Waals surface area contributed by atoms with Crippen molar-refractivity contribution in [3.05, 3.63) is 0 Å². The first-order chi connectivity index (χ1) is 9.13. The molecule has 0 bridgehead atoms. The van der Waals surface area contributed by atoms with E-state index >= 15 is 0 Å². The van der Waals surface area contributed by atoms with Gasteiger partial charge >= 0.3 is 0 Å². The SMILES string of the molecule is CCCCOCCOC1(CI)CCC(C(C)C)CC1. The zero-order valence-corrected chi connectivity index (χ0v) is 15.1. The molecule has 0 radical (unpaired) electrons. The van der Waals surface area contributed by atoms with Gasteiger partial charge in [-0.1, -0.05) is 49.8 Å². The molecule has 3 heteroatoms. The van der Waals surface area contributed by atoms with Crippen LogP contribution in [0.3, 0.4) is 0 Å². The van der Waals surface area contributed by atoms with Crippen molar-refractivity contribution in [3.63, 3.8) is 0 Å². The molecule has 1 saturated carbocycles. The van der Waals surface area contributed by atoms with Gasteiger partial charge in [0.1, 0.15) is 0 Å². The molecule has 1 fully saturated rings. The van der Waals surface area contributed by atoms with E-state index in [2.05, 4.69) is 43.4 Å². The molecular formula is C16H31IO2. The van der Waals surface area contributed by atoms with E-state index < -0.39 is 0 Å². The summed E-state index contributed by atoms with van der Waals surface area (Å²) < 4.78 is 12.9. The molecule has 0 N–H and O–H groups in total. The monoisotopic (exact) mass is 382 g/mol. The molecule has 0 aromatic rings. The highest BCUT2D eigenvalue weighted by Crippen LogP contribution is 2.39. The summed E-state index contributed by atoms with van der Waals surface area (Å²) in [5.74, 6) is 1.73. The van der Waals surface area contributed by atoms with Crippen LogP contribution < -0.4 is 0 Å². The van der Waals surface area contributed by atoms with Crippen molar-refractivity contribution in [3.8, 4) is 0 Å². The summed E-state index contributed by atoms with van der Waals surface area (Å²) in [7, 11) is 0. The number of halogens is 1. The lowest BCUT2D eigenvalue weighted by Crippen LogP contribution is -2.40. The van der Waals surface area contributed by atoms with Crippen molar-refractivity contribution < 1.29 is 9.47 Å². The molecule has 0 saturated heterocycles. The minimum atomic E-state index is 0.139. The van der Waals surface area contributed by atoms with Gasteiger partial charge in [-0.15, -0.1) is 0 Å². The summed E-state index contributed by atoms with van der Waals surface area (Å²) in [6.07, 6.45) is 7.48. The van der Waals surface area contributed by atoms with Crippen LogP contribution in [0.4, 0.5) is 0 Å². The molecule has 19 heavy (non-hydrogen) atoms. The Morgan fingerprint density at radius 2 is 1.84 bits per heavy atom. The smallest absolute Gasteiger partial charge is 0.0772 e. The van der Waals surface area contributed by atoms with Gasteiger partial charge in [-0.2, -0.15) is 0 Å². The molecule has 114 valence electrons.